The normalized spacial score (nSPS) is 27.3. The third kappa shape index (κ3) is 2.85. The molecule has 0 aromatic rings. The van der Waals surface area contributed by atoms with E-state index in [1.807, 2.05) is 11.8 Å². The Morgan fingerprint density at radius 2 is 2.11 bits per heavy atom. The predicted molar refractivity (Wildman–Crippen MR) is 77.7 cm³/mol. The van der Waals surface area contributed by atoms with Gasteiger partial charge in [-0.1, -0.05) is 20.8 Å². The molecule has 1 saturated heterocycles. The van der Waals surface area contributed by atoms with Gasteiger partial charge in [-0.05, 0) is 37.9 Å². The molecule has 1 aliphatic heterocycles. The number of carbonyl (C=O) groups is 1. The van der Waals surface area contributed by atoms with Crippen LogP contribution in [-0.4, -0.2) is 40.6 Å². The summed E-state index contributed by atoms with van der Waals surface area (Å²) < 4.78 is 0. The van der Waals surface area contributed by atoms with Crippen LogP contribution in [0.15, 0.2) is 0 Å². The highest BCUT2D eigenvalue weighted by molar-refractivity contribution is 7.99. The topological polar surface area (TPSA) is 32.3 Å². The van der Waals surface area contributed by atoms with Crippen molar-refractivity contribution < 1.29 is 4.79 Å². The van der Waals surface area contributed by atoms with Gasteiger partial charge < -0.3 is 4.90 Å². The lowest BCUT2D eigenvalue weighted by atomic mass is 10.1. The van der Waals surface area contributed by atoms with Crippen molar-refractivity contribution >= 4 is 17.7 Å². The highest BCUT2D eigenvalue weighted by Crippen LogP contribution is 2.43. The van der Waals surface area contributed by atoms with Gasteiger partial charge in [0.05, 0.1) is 11.7 Å². The maximum absolute atomic E-state index is 12.4. The van der Waals surface area contributed by atoms with Crippen LogP contribution in [-0.2, 0) is 4.79 Å². The molecule has 1 heterocycles. The van der Waals surface area contributed by atoms with Crippen LogP contribution in [0, 0.1) is 5.92 Å². The van der Waals surface area contributed by atoms with Crippen molar-refractivity contribution in [1.29, 1.82) is 0 Å². The van der Waals surface area contributed by atoms with Crippen LogP contribution in [0.2, 0.25) is 0 Å². The van der Waals surface area contributed by atoms with Gasteiger partial charge in [-0.25, -0.2) is 0 Å². The van der Waals surface area contributed by atoms with Crippen LogP contribution >= 0.6 is 11.8 Å². The van der Waals surface area contributed by atoms with E-state index in [0.29, 0.717) is 17.1 Å². The molecule has 2 fully saturated rings. The lowest BCUT2D eigenvalue weighted by molar-refractivity contribution is -0.131. The number of hydrogen-bond donors (Lipinski definition) is 1. The zero-order valence-electron chi connectivity index (χ0n) is 12.0. The van der Waals surface area contributed by atoms with Crippen LogP contribution in [0.25, 0.3) is 0 Å². The highest BCUT2D eigenvalue weighted by atomic mass is 32.2. The second-order valence-electron chi connectivity index (χ2n) is 6.21. The molecule has 2 aliphatic rings. The lowest BCUT2D eigenvalue weighted by Crippen LogP contribution is -2.39. The molecule has 1 N–H and O–H groups in total. The zero-order valence-corrected chi connectivity index (χ0v) is 12.8. The summed E-state index contributed by atoms with van der Waals surface area (Å²) in [5, 5.41) is 4.22. The molecule has 2 unspecified atom stereocenters. The van der Waals surface area contributed by atoms with Crippen molar-refractivity contribution in [3.63, 3.8) is 0 Å². The first-order valence-electron chi connectivity index (χ1n) is 7.10. The molecule has 1 spiro atoms. The van der Waals surface area contributed by atoms with Gasteiger partial charge in [0.2, 0.25) is 5.91 Å². The van der Waals surface area contributed by atoms with E-state index in [2.05, 4.69) is 37.2 Å². The van der Waals surface area contributed by atoms with Crippen LogP contribution in [0.3, 0.4) is 0 Å². The van der Waals surface area contributed by atoms with Gasteiger partial charge in [-0.3, -0.25) is 10.1 Å². The standard InChI is InChI=1S/C14H26N2OS/c1-10(2)9-12-15-14(6-7-14)13(17)16(12)8-5-11(3)18-4/h10-12,15H,5-9H2,1-4H3. The summed E-state index contributed by atoms with van der Waals surface area (Å²) in [5.74, 6) is 0.992. The van der Waals surface area contributed by atoms with Gasteiger partial charge in [0.1, 0.15) is 0 Å². The van der Waals surface area contributed by atoms with Crippen molar-refractivity contribution in [1.82, 2.24) is 10.2 Å². The van der Waals surface area contributed by atoms with E-state index in [1.54, 1.807) is 0 Å². The summed E-state index contributed by atoms with van der Waals surface area (Å²) in [6.07, 6.45) is 6.65. The van der Waals surface area contributed by atoms with E-state index in [4.69, 9.17) is 0 Å². The Bertz CT molecular complexity index is 315. The zero-order chi connectivity index (χ0) is 13.3. The third-order valence-corrected chi connectivity index (χ3v) is 5.15. The number of amides is 1. The molecule has 2 rings (SSSR count). The quantitative estimate of drug-likeness (QED) is 0.805. The minimum absolute atomic E-state index is 0.151. The Labute approximate surface area is 115 Å². The van der Waals surface area contributed by atoms with Crippen molar-refractivity contribution in [3.8, 4) is 0 Å². The van der Waals surface area contributed by atoms with Crippen molar-refractivity contribution in [2.24, 2.45) is 5.92 Å². The molecule has 0 aromatic carbocycles. The lowest BCUT2D eigenvalue weighted by Gasteiger charge is -2.26. The largest absolute Gasteiger partial charge is 0.325 e. The summed E-state index contributed by atoms with van der Waals surface area (Å²) in [6, 6.07) is 0. The number of thioether (sulfide) groups is 1. The molecule has 104 valence electrons. The number of nitrogens with zero attached hydrogens (tertiary/aromatic N) is 1. The minimum atomic E-state index is -0.151. The van der Waals surface area contributed by atoms with Crippen molar-refractivity contribution in [2.75, 3.05) is 12.8 Å². The van der Waals surface area contributed by atoms with Gasteiger partial charge in [0.25, 0.3) is 0 Å². The van der Waals surface area contributed by atoms with Gasteiger partial charge in [-0.2, -0.15) is 11.8 Å². The molecule has 1 aliphatic carbocycles. The van der Waals surface area contributed by atoms with Crippen molar-refractivity contribution in [3.05, 3.63) is 0 Å². The van der Waals surface area contributed by atoms with Gasteiger partial charge in [0.15, 0.2) is 0 Å². The maximum atomic E-state index is 12.4. The van der Waals surface area contributed by atoms with Gasteiger partial charge in [-0.15, -0.1) is 0 Å². The predicted octanol–water partition coefficient (Wildman–Crippen LogP) is 2.46. The summed E-state index contributed by atoms with van der Waals surface area (Å²) in [4.78, 5) is 14.5. The number of hydrogen-bond acceptors (Lipinski definition) is 3. The second kappa shape index (κ2) is 5.41. The molecule has 0 aromatic heterocycles. The summed E-state index contributed by atoms with van der Waals surface area (Å²) >= 11 is 1.88. The van der Waals surface area contributed by atoms with Gasteiger partial charge in [0, 0.05) is 11.8 Å². The summed E-state index contributed by atoms with van der Waals surface area (Å²) in [7, 11) is 0. The molecular formula is C14H26N2OS. The average Bonchev–Trinajstić information content (AvgIpc) is 3.03. The van der Waals surface area contributed by atoms with Crippen LogP contribution < -0.4 is 5.32 Å². The first kappa shape index (κ1) is 14.2. The molecule has 1 saturated carbocycles. The Morgan fingerprint density at radius 1 is 1.44 bits per heavy atom. The van der Waals surface area contributed by atoms with Crippen LogP contribution in [0.1, 0.15) is 46.5 Å². The number of carbonyl (C=O) groups excluding carboxylic acids is 1. The fourth-order valence-electron chi connectivity index (χ4n) is 2.69. The first-order chi connectivity index (χ1) is 8.48. The summed E-state index contributed by atoms with van der Waals surface area (Å²) in [6.45, 7) is 7.61. The molecule has 0 radical (unpaired) electrons. The molecule has 3 nitrogen and oxygen atoms in total. The van der Waals surface area contributed by atoms with Gasteiger partial charge >= 0.3 is 0 Å². The van der Waals surface area contributed by atoms with E-state index < -0.39 is 0 Å². The van der Waals surface area contributed by atoms with E-state index in [1.165, 1.54) is 0 Å². The van der Waals surface area contributed by atoms with E-state index in [9.17, 15) is 4.79 Å². The molecule has 18 heavy (non-hydrogen) atoms. The molecular weight excluding hydrogens is 244 g/mol. The third-order valence-electron chi connectivity index (χ3n) is 4.11. The smallest absolute Gasteiger partial charge is 0.244 e. The Kier molecular flexibility index (Phi) is 4.27. The van der Waals surface area contributed by atoms with E-state index in [0.717, 1.165) is 32.2 Å². The van der Waals surface area contributed by atoms with Crippen molar-refractivity contribution in [2.45, 2.75) is 63.4 Å². The fraction of sp³-hybridized carbons (Fsp3) is 0.929. The summed E-state index contributed by atoms with van der Waals surface area (Å²) in [5.41, 5.74) is -0.151. The maximum Gasteiger partial charge on any atom is 0.244 e. The Balaban J connectivity index is 1.97. The Morgan fingerprint density at radius 3 is 2.61 bits per heavy atom. The molecule has 1 amide bonds. The molecule has 4 heteroatoms. The van der Waals surface area contributed by atoms with Crippen LogP contribution in [0.5, 0.6) is 0 Å². The van der Waals surface area contributed by atoms with E-state index in [-0.39, 0.29) is 11.7 Å². The second-order valence-corrected chi connectivity index (χ2v) is 7.48. The first-order valence-corrected chi connectivity index (χ1v) is 8.39. The molecule has 2 atom stereocenters. The SMILES string of the molecule is CSC(C)CCN1C(=O)C2(CC2)NC1CC(C)C. The fourth-order valence-corrected chi connectivity index (χ4v) is 3.03. The van der Waals surface area contributed by atoms with E-state index >= 15 is 0 Å². The number of rotatable bonds is 6. The average molecular weight is 270 g/mol. The monoisotopic (exact) mass is 270 g/mol. The minimum Gasteiger partial charge on any atom is -0.325 e. The number of nitrogens with one attached hydrogen (secondary N) is 1. The van der Waals surface area contributed by atoms with Crippen LogP contribution in [0.4, 0.5) is 0 Å². The highest BCUT2D eigenvalue weighted by Gasteiger charge is 2.58. The molecule has 0 bridgehead atoms. The Hall–Kier alpha value is -0.220.